The maximum absolute atomic E-state index is 11.3. The van der Waals surface area contributed by atoms with Crippen LogP contribution in [0.25, 0.3) is 6.08 Å². The van der Waals surface area contributed by atoms with Gasteiger partial charge in [-0.05, 0) is 105 Å². The van der Waals surface area contributed by atoms with Gasteiger partial charge in [0.25, 0.3) is 0 Å². The molecule has 1 aromatic heterocycles. The Hall–Kier alpha value is -1.02. The van der Waals surface area contributed by atoms with Crippen molar-refractivity contribution in [2.75, 3.05) is 0 Å². The number of aliphatic hydroxyl groups excluding tert-OH is 1. The molecule has 1 aromatic rings. The van der Waals surface area contributed by atoms with E-state index in [1.54, 1.807) is 0 Å². The summed E-state index contributed by atoms with van der Waals surface area (Å²) in [5.41, 5.74) is 1.85. The van der Waals surface area contributed by atoms with Crippen molar-refractivity contribution < 1.29 is 9.52 Å². The maximum atomic E-state index is 11.3. The minimum Gasteiger partial charge on any atom is -0.462 e. The Balaban J connectivity index is 1.45. The van der Waals surface area contributed by atoms with Gasteiger partial charge in [-0.25, -0.2) is 0 Å². The Morgan fingerprint density at radius 1 is 1.00 bits per heavy atom. The van der Waals surface area contributed by atoms with Gasteiger partial charge >= 0.3 is 0 Å². The summed E-state index contributed by atoms with van der Waals surface area (Å²) in [5, 5.41) is 11.3. The summed E-state index contributed by atoms with van der Waals surface area (Å²) in [6.45, 7) is 6.99. The second-order valence-corrected chi connectivity index (χ2v) is 10.7. The van der Waals surface area contributed by atoms with Crippen molar-refractivity contribution in [3.63, 3.8) is 0 Å². The first-order valence-electron chi connectivity index (χ1n) is 11.4. The first-order chi connectivity index (χ1) is 12.9. The van der Waals surface area contributed by atoms with Gasteiger partial charge in [-0.15, -0.1) is 0 Å². The lowest BCUT2D eigenvalue weighted by molar-refractivity contribution is -0.119. The molecule has 2 heteroatoms. The molecule has 27 heavy (non-hydrogen) atoms. The Morgan fingerprint density at radius 3 is 2.63 bits per heavy atom. The van der Waals surface area contributed by atoms with Gasteiger partial charge in [0.15, 0.2) is 0 Å². The van der Waals surface area contributed by atoms with Gasteiger partial charge in [-0.1, -0.05) is 26.7 Å². The topological polar surface area (TPSA) is 33.4 Å². The van der Waals surface area contributed by atoms with E-state index in [1.807, 2.05) is 19.1 Å². The van der Waals surface area contributed by atoms with E-state index in [2.05, 4.69) is 19.9 Å². The molecular weight excluding hydrogens is 332 g/mol. The van der Waals surface area contributed by atoms with Crippen LogP contribution in [-0.4, -0.2) is 11.2 Å². The molecule has 0 aromatic carbocycles. The summed E-state index contributed by atoms with van der Waals surface area (Å²) in [5.74, 6) is 5.15. The molecule has 148 valence electrons. The second kappa shape index (κ2) is 6.24. The monoisotopic (exact) mass is 368 g/mol. The van der Waals surface area contributed by atoms with Crippen LogP contribution in [0.5, 0.6) is 0 Å². The highest BCUT2D eigenvalue weighted by atomic mass is 16.3. The minimum atomic E-state index is -0.300. The van der Waals surface area contributed by atoms with Crippen molar-refractivity contribution in [2.45, 2.75) is 84.7 Å². The zero-order valence-electron chi connectivity index (χ0n) is 17.3. The number of fused-ring (bicyclic) bond motifs is 5. The van der Waals surface area contributed by atoms with Crippen molar-refractivity contribution in [3.8, 4) is 0 Å². The van der Waals surface area contributed by atoms with Crippen LogP contribution in [0.2, 0.25) is 0 Å². The van der Waals surface area contributed by atoms with E-state index in [0.717, 1.165) is 35.7 Å². The fourth-order valence-corrected chi connectivity index (χ4v) is 8.01. The molecule has 1 N–H and O–H groups in total. The minimum absolute atomic E-state index is 0.0620. The molecule has 4 saturated carbocycles. The summed E-state index contributed by atoms with van der Waals surface area (Å²) in [7, 11) is 0. The summed E-state index contributed by atoms with van der Waals surface area (Å²) in [6.07, 6.45) is 14.0. The van der Waals surface area contributed by atoms with Crippen LogP contribution >= 0.6 is 0 Å². The molecule has 0 saturated heterocycles. The highest BCUT2D eigenvalue weighted by Gasteiger charge is 2.60. The van der Waals surface area contributed by atoms with Crippen LogP contribution in [0.1, 0.15) is 83.2 Å². The van der Waals surface area contributed by atoms with E-state index in [4.69, 9.17) is 4.42 Å². The summed E-state index contributed by atoms with van der Waals surface area (Å²) in [4.78, 5) is 0. The van der Waals surface area contributed by atoms with E-state index in [9.17, 15) is 5.11 Å². The maximum Gasteiger partial charge on any atom is 0.127 e. The molecule has 0 spiro atoms. The second-order valence-electron chi connectivity index (χ2n) is 10.7. The zero-order chi connectivity index (χ0) is 18.8. The fraction of sp³-hybridized carbons (Fsp3) is 0.760. The van der Waals surface area contributed by atoms with E-state index >= 15 is 0 Å². The largest absolute Gasteiger partial charge is 0.462 e. The fourth-order valence-electron chi connectivity index (χ4n) is 8.01. The average molecular weight is 369 g/mol. The molecule has 1 heterocycles. The van der Waals surface area contributed by atoms with Gasteiger partial charge in [0.05, 0.1) is 6.10 Å². The van der Waals surface area contributed by atoms with Crippen molar-refractivity contribution in [1.29, 1.82) is 0 Å². The molecule has 0 aliphatic heterocycles. The average Bonchev–Trinajstić information content (AvgIpc) is 3.16. The molecule has 2 nitrogen and oxygen atoms in total. The van der Waals surface area contributed by atoms with E-state index in [-0.39, 0.29) is 11.5 Å². The van der Waals surface area contributed by atoms with Crippen LogP contribution in [0, 0.1) is 41.4 Å². The van der Waals surface area contributed by atoms with Gasteiger partial charge in [-0.3, -0.25) is 0 Å². The quantitative estimate of drug-likeness (QED) is 0.624. The standard InChI is InChI=1S/C25H36O2/c1-16-7-9-19(27-16)14-17-15-22-20-10-8-18-6-4-5-12-24(18,2)21(20)11-13-25(22,3)23(17)26/h7,9,14,18,20-23,26H,4-6,8,10-13,15H2,1-3H3/b17-14+/t18-,20+,21+,22+,23-,24-,25-/m0/s1. The molecule has 0 amide bonds. The number of hydrogen-bond donors (Lipinski definition) is 1. The lowest BCUT2D eigenvalue weighted by Crippen LogP contribution is -2.53. The summed E-state index contributed by atoms with van der Waals surface area (Å²) >= 11 is 0. The number of rotatable bonds is 1. The number of hydrogen-bond acceptors (Lipinski definition) is 2. The molecule has 4 aliphatic rings. The molecule has 4 fully saturated rings. The molecule has 7 atom stereocenters. The zero-order valence-corrected chi connectivity index (χ0v) is 17.3. The van der Waals surface area contributed by atoms with Crippen molar-refractivity contribution in [1.82, 2.24) is 0 Å². The first kappa shape index (κ1) is 18.0. The molecule has 0 unspecified atom stereocenters. The molecule has 4 aliphatic carbocycles. The van der Waals surface area contributed by atoms with Crippen LogP contribution in [0.3, 0.4) is 0 Å². The number of aryl methyl sites for hydroxylation is 1. The van der Waals surface area contributed by atoms with E-state index < -0.39 is 0 Å². The molecule has 0 bridgehead atoms. The van der Waals surface area contributed by atoms with Crippen LogP contribution in [0.15, 0.2) is 22.1 Å². The smallest absolute Gasteiger partial charge is 0.127 e. The Kier molecular flexibility index (Phi) is 4.17. The van der Waals surface area contributed by atoms with Gasteiger partial charge < -0.3 is 9.52 Å². The lowest BCUT2D eigenvalue weighted by atomic mass is 9.45. The molecule has 0 radical (unpaired) electrons. The number of aliphatic hydroxyl groups is 1. The van der Waals surface area contributed by atoms with Gasteiger partial charge in [0.2, 0.25) is 0 Å². The Labute approximate surface area is 164 Å². The van der Waals surface area contributed by atoms with Gasteiger partial charge in [-0.2, -0.15) is 0 Å². The van der Waals surface area contributed by atoms with E-state index in [0.29, 0.717) is 11.3 Å². The van der Waals surface area contributed by atoms with Crippen LogP contribution in [0.4, 0.5) is 0 Å². The predicted molar refractivity (Wildman–Crippen MR) is 109 cm³/mol. The van der Waals surface area contributed by atoms with Crippen molar-refractivity contribution in [3.05, 3.63) is 29.2 Å². The van der Waals surface area contributed by atoms with E-state index in [1.165, 1.54) is 56.9 Å². The number of furan rings is 1. The Morgan fingerprint density at radius 2 is 1.85 bits per heavy atom. The van der Waals surface area contributed by atoms with Crippen LogP contribution in [-0.2, 0) is 0 Å². The lowest BCUT2D eigenvalue weighted by Gasteiger charge is -2.60. The predicted octanol–water partition coefficient (Wildman–Crippen LogP) is 6.38. The van der Waals surface area contributed by atoms with Gasteiger partial charge in [0.1, 0.15) is 11.5 Å². The van der Waals surface area contributed by atoms with Crippen molar-refractivity contribution in [2.24, 2.45) is 34.5 Å². The Bertz CT molecular complexity index is 745. The highest BCUT2D eigenvalue weighted by molar-refractivity contribution is 5.51. The summed E-state index contributed by atoms with van der Waals surface area (Å²) < 4.78 is 5.79. The summed E-state index contributed by atoms with van der Waals surface area (Å²) in [6, 6.07) is 4.06. The highest BCUT2D eigenvalue weighted by Crippen LogP contribution is 2.67. The third-order valence-electron chi connectivity index (χ3n) is 9.54. The molecule has 5 rings (SSSR count). The van der Waals surface area contributed by atoms with Gasteiger partial charge in [0, 0.05) is 5.41 Å². The third kappa shape index (κ3) is 2.62. The first-order valence-corrected chi connectivity index (χ1v) is 11.4. The molecular formula is C25H36O2. The third-order valence-corrected chi connectivity index (χ3v) is 9.54. The SMILES string of the molecule is Cc1ccc(/C=C2\C[C@@H]3[C@@H]4CC[C@@H]5CCCC[C@]5(C)[C@@H]4CC[C@]3(C)[C@H]2O)o1. The van der Waals surface area contributed by atoms with Crippen molar-refractivity contribution >= 4 is 6.08 Å². The van der Waals surface area contributed by atoms with Crippen LogP contribution < -0.4 is 0 Å². The normalized spacial score (nSPS) is 48.1.